The Labute approximate surface area is 164 Å². The highest BCUT2D eigenvalue weighted by atomic mass is 19.2. The predicted molar refractivity (Wildman–Crippen MR) is 108 cm³/mol. The van der Waals surface area contributed by atoms with E-state index in [9.17, 15) is 13.2 Å². The lowest BCUT2D eigenvalue weighted by Crippen LogP contribution is -2.14. The van der Waals surface area contributed by atoms with Crippen LogP contribution in [-0.2, 0) is 0 Å². The Balaban J connectivity index is 1.62. The summed E-state index contributed by atoms with van der Waals surface area (Å²) in [5, 5.41) is 0. The third-order valence-corrected chi connectivity index (χ3v) is 5.39. The summed E-state index contributed by atoms with van der Waals surface area (Å²) < 4.78 is 47.5. The maximum absolute atomic E-state index is 14.4. The molecule has 0 unspecified atom stereocenters. The first-order valence-electron chi connectivity index (χ1n) is 9.74. The zero-order valence-corrected chi connectivity index (χ0v) is 16.1. The lowest BCUT2D eigenvalue weighted by molar-refractivity contribution is 0.310. The van der Waals surface area contributed by atoms with E-state index in [0.717, 1.165) is 31.2 Å². The van der Waals surface area contributed by atoms with E-state index in [-0.39, 0.29) is 17.5 Å². The number of ether oxygens (including phenoxy) is 1. The quantitative estimate of drug-likeness (QED) is 0.513. The molecule has 0 atom stereocenters. The fraction of sp³-hybridized carbons (Fsp3) is 0.333. The second kappa shape index (κ2) is 9.13. The summed E-state index contributed by atoms with van der Waals surface area (Å²) in [5.41, 5.74) is 1.73. The molecule has 0 aromatic heterocycles. The molecule has 1 aliphatic rings. The van der Waals surface area contributed by atoms with Crippen LogP contribution in [0.2, 0.25) is 0 Å². The summed E-state index contributed by atoms with van der Waals surface area (Å²) >= 11 is 0. The fourth-order valence-electron chi connectivity index (χ4n) is 3.81. The first-order chi connectivity index (χ1) is 13.5. The number of rotatable bonds is 6. The van der Waals surface area contributed by atoms with Gasteiger partial charge < -0.3 is 4.74 Å². The van der Waals surface area contributed by atoms with Gasteiger partial charge in [-0.15, -0.1) is 0 Å². The van der Waals surface area contributed by atoms with Crippen molar-refractivity contribution in [3.8, 4) is 5.75 Å². The van der Waals surface area contributed by atoms with Crippen molar-refractivity contribution in [1.82, 2.24) is 0 Å². The summed E-state index contributed by atoms with van der Waals surface area (Å²) in [6.45, 7) is 5.62. The molecule has 2 aromatic carbocycles. The second-order valence-electron chi connectivity index (χ2n) is 7.17. The van der Waals surface area contributed by atoms with Crippen molar-refractivity contribution >= 4 is 12.2 Å². The van der Waals surface area contributed by atoms with Gasteiger partial charge in [-0.1, -0.05) is 43.0 Å². The van der Waals surface area contributed by atoms with Crippen LogP contribution in [0.15, 0.2) is 43.0 Å². The van der Waals surface area contributed by atoms with Crippen LogP contribution in [0.25, 0.3) is 12.2 Å². The van der Waals surface area contributed by atoms with Gasteiger partial charge in [-0.3, -0.25) is 0 Å². The van der Waals surface area contributed by atoms with E-state index in [0.29, 0.717) is 23.7 Å². The maximum Gasteiger partial charge on any atom is 0.200 e. The minimum absolute atomic E-state index is 0.0131. The van der Waals surface area contributed by atoms with Crippen LogP contribution in [0.1, 0.15) is 55.2 Å². The standard InChI is InChI=1S/C24H25F3O/c1-3-18-10-9-17(15-21(18)25)6-5-16-7-11-19(12-8-16)20-13-14-22(28-4-2)24(27)23(20)26/h3,5-6,9-10,13-16,19H,1,4,7-8,11-12H2,2H3. The molecule has 0 bridgehead atoms. The summed E-state index contributed by atoms with van der Waals surface area (Å²) in [5.74, 6) is -1.63. The molecule has 0 saturated heterocycles. The van der Waals surface area contributed by atoms with Gasteiger partial charge in [0.1, 0.15) is 5.82 Å². The van der Waals surface area contributed by atoms with Gasteiger partial charge in [0.15, 0.2) is 11.6 Å². The summed E-state index contributed by atoms with van der Waals surface area (Å²) in [7, 11) is 0. The molecule has 2 aromatic rings. The molecule has 148 valence electrons. The van der Waals surface area contributed by atoms with Gasteiger partial charge in [-0.2, -0.15) is 4.39 Å². The predicted octanol–water partition coefficient (Wildman–Crippen LogP) is 7.13. The van der Waals surface area contributed by atoms with Gasteiger partial charge >= 0.3 is 0 Å². The van der Waals surface area contributed by atoms with Crippen molar-refractivity contribution in [2.45, 2.75) is 38.5 Å². The molecule has 0 radical (unpaired) electrons. The number of hydrogen-bond acceptors (Lipinski definition) is 1. The fourth-order valence-corrected chi connectivity index (χ4v) is 3.81. The largest absolute Gasteiger partial charge is 0.491 e. The Hall–Kier alpha value is -2.49. The van der Waals surface area contributed by atoms with Gasteiger partial charge in [-0.25, -0.2) is 8.78 Å². The Kier molecular flexibility index (Phi) is 6.61. The number of halogens is 3. The molecule has 1 saturated carbocycles. The number of allylic oxidation sites excluding steroid dienone is 1. The molecular weight excluding hydrogens is 361 g/mol. The zero-order valence-electron chi connectivity index (χ0n) is 16.1. The van der Waals surface area contributed by atoms with Crippen molar-refractivity contribution in [3.05, 3.63) is 77.1 Å². The Morgan fingerprint density at radius 2 is 1.79 bits per heavy atom. The number of hydrogen-bond donors (Lipinski definition) is 0. The summed E-state index contributed by atoms with van der Waals surface area (Å²) in [6, 6.07) is 8.23. The average molecular weight is 386 g/mol. The molecule has 0 heterocycles. The van der Waals surface area contributed by atoms with Gasteiger partial charge in [0.05, 0.1) is 6.61 Å². The molecule has 3 rings (SSSR count). The van der Waals surface area contributed by atoms with Crippen LogP contribution in [-0.4, -0.2) is 6.61 Å². The van der Waals surface area contributed by atoms with E-state index >= 15 is 0 Å². The third-order valence-electron chi connectivity index (χ3n) is 5.39. The van der Waals surface area contributed by atoms with E-state index in [1.165, 1.54) is 18.2 Å². The highest BCUT2D eigenvalue weighted by Gasteiger charge is 2.25. The lowest BCUT2D eigenvalue weighted by Gasteiger charge is -2.27. The van der Waals surface area contributed by atoms with Gasteiger partial charge in [0, 0.05) is 5.56 Å². The minimum atomic E-state index is -0.897. The molecule has 0 aliphatic heterocycles. The van der Waals surface area contributed by atoms with Crippen LogP contribution in [0, 0.1) is 23.4 Å². The Morgan fingerprint density at radius 3 is 2.43 bits per heavy atom. The van der Waals surface area contributed by atoms with Crippen molar-refractivity contribution in [2.24, 2.45) is 5.92 Å². The summed E-state index contributed by atoms with van der Waals surface area (Å²) in [6.07, 6.45) is 8.89. The molecule has 1 nitrogen and oxygen atoms in total. The van der Waals surface area contributed by atoms with Crippen LogP contribution in [0.4, 0.5) is 13.2 Å². The van der Waals surface area contributed by atoms with Crippen molar-refractivity contribution < 1.29 is 17.9 Å². The van der Waals surface area contributed by atoms with Gasteiger partial charge in [-0.05, 0) is 67.7 Å². The van der Waals surface area contributed by atoms with Crippen LogP contribution in [0.5, 0.6) is 5.75 Å². The van der Waals surface area contributed by atoms with E-state index in [4.69, 9.17) is 4.74 Å². The average Bonchev–Trinajstić information content (AvgIpc) is 2.71. The maximum atomic E-state index is 14.4. The SMILES string of the molecule is C=Cc1ccc(C=CC2CCC(c3ccc(OCC)c(F)c3F)CC2)cc1F. The van der Waals surface area contributed by atoms with Crippen molar-refractivity contribution in [3.63, 3.8) is 0 Å². The molecule has 0 spiro atoms. The van der Waals surface area contributed by atoms with E-state index in [1.54, 1.807) is 19.1 Å². The normalized spacial score (nSPS) is 19.7. The molecule has 1 fully saturated rings. The first kappa shape index (κ1) is 20.2. The van der Waals surface area contributed by atoms with Crippen molar-refractivity contribution in [1.29, 1.82) is 0 Å². The zero-order chi connectivity index (χ0) is 20.1. The van der Waals surface area contributed by atoms with Gasteiger partial charge in [0.25, 0.3) is 0 Å². The first-order valence-corrected chi connectivity index (χ1v) is 9.74. The topological polar surface area (TPSA) is 9.23 Å². The van der Waals surface area contributed by atoms with E-state index < -0.39 is 11.6 Å². The highest BCUT2D eigenvalue weighted by Crippen LogP contribution is 2.39. The van der Waals surface area contributed by atoms with E-state index in [2.05, 4.69) is 12.7 Å². The molecule has 0 N–H and O–H groups in total. The number of benzene rings is 2. The second-order valence-corrected chi connectivity index (χ2v) is 7.17. The minimum Gasteiger partial charge on any atom is -0.491 e. The monoisotopic (exact) mass is 386 g/mol. The summed E-state index contributed by atoms with van der Waals surface area (Å²) in [4.78, 5) is 0. The highest BCUT2D eigenvalue weighted by molar-refractivity contribution is 5.55. The molecule has 0 amide bonds. The van der Waals surface area contributed by atoms with Crippen LogP contribution < -0.4 is 4.74 Å². The van der Waals surface area contributed by atoms with E-state index in [1.807, 2.05) is 12.1 Å². The third kappa shape index (κ3) is 4.49. The Morgan fingerprint density at radius 1 is 1.04 bits per heavy atom. The molecule has 1 aliphatic carbocycles. The molecule has 4 heteroatoms. The molecular formula is C24H25F3O. The van der Waals surface area contributed by atoms with Crippen molar-refractivity contribution in [2.75, 3.05) is 6.61 Å². The Bertz CT molecular complexity index is 864. The van der Waals surface area contributed by atoms with Gasteiger partial charge in [0.2, 0.25) is 5.82 Å². The van der Waals surface area contributed by atoms with Crippen LogP contribution >= 0.6 is 0 Å². The van der Waals surface area contributed by atoms with Crippen LogP contribution in [0.3, 0.4) is 0 Å². The smallest absolute Gasteiger partial charge is 0.200 e. The lowest BCUT2D eigenvalue weighted by atomic mass is 9.78. The molecule has 28 heavy (non-hydrogen) atoms.